The summed E-state index contributed by atoms with van der Waals surface area (Å²) in [6, 6.07) is 14.7. The number of benzene rings is 2. The highest BCUT2D eigenvalue weighted by atomic mass is 35.5. The van der Waals surface area contributed by atoms with E-state index in [4.69, 9.17) is 16.3 Å². The van der Waals surface area contributed by atoms with Crippen LogP contribution in [0.3, 0.4) is 0 Å². The van der Waals surface area contributed by atoms with E-state index in [1.165, 1.54) is 0 Å². The van der Waals surface area contributed by atoms with Crippen molar-refractivity contribution in [2.24, 2.45) is 0 Å². The predicted molar refractivity (Wildman–Crippen MR) is 70.5 cm³/mol. The Morgan fingerprint density at radius 1 is 1.18 bits per heavy atom. The second kappa shape index (κ2) is 5.24. The first-order valence-corrected chi connectivity index (χ1v) is 5.89. The van der Waals surface area contributed by atoms with Crippen molar-refractivity contribution in [1.82, 2.24) is 0 Å². The fraction of sp³-hybridized carbons (Fsp3) is 0.200. The molecule has 0 N–H and O–H groups in total. The van der Waals surface area contributed by atoms with Crippen molar-refractivity contribution >= 4 is 11.6 Å². The second-order valence-electron chi connectivity index (χ2n) is 4.07. The highest BCUT2D eigenvalue weighted by molar-refractivity contribution is 6.30. The minimum Gasteiger partial charge on any atom is -0.488 e. The van der Waals surface area contributed by atoms with Crippen molar-refractivity contribution in [2.45, 2.75) is 20.5 Å². The van der Waals surface area contributed by atoms with Gasteiger partial charge in [0, 0.05) is 5.02 Å². The molecule has 0 amide bonds. The van der Waals surface area contributed by atoms with Gasteiger partial charge in [-0.05, 0) is 60.9 Å². The predicted octanol–water partition coefficient (Wildman–Crippen LogP) is 4.34. The third-order valence-corrected chi connectivity index (χ3v) is 2.82. The number of hydrogen-bond acceptors (Lipinski definition) is 1. The fourth-order valence-corrected chi connectivity index (χ4v) is 1.96. The first-order chi connectivity index (χ1) is 8.16. The Bertz CT molecular complexity index is 500. The Morgan fingerprint density at radius 3 is 2.53 bits per heavy atom. The zero-order valence-electron chi connectivity index (χ0n) is 9.96. The van der Waals surface area contributed by atoms with Gasteiger partial charge in [-0.25, -0.2) is 0 Å². The maximum absolute atomic E-state index is 5.93. The molecule has 0 bridgehead atoms. The van der Waals surface area contributed by atoms with Crippen LogP contribution in [-0.4, -0.2) is 0 Å². The smallest absolute Gasteiger partial charge is 0.125 e. The normalized spacial score (nSPS) is 10.3. The zero-order chi connectivity index (χ0) is 12.3. The van der Waals surface area contributed by atoms with Gasteiger partial charge in [0.05, 0.1) is 0 Å². The molecule has 0 heterocycles. The first kappa shape index (κ1) is 12.0. The van der Waals surface area contributed by atoms with Crippen molar-refractivity contribution in [3.63, 3.8) is 0 Å². The Morgan fingerprint density at radius 2 is 1.88 bits per heavy atom. The Balaban J connectivity index is 2.13. The van der Waals surface area contributed by atoms with E-state index in [0.717, 1.165) is 27.5 Å². The third-order valence-electron chi connectivity index (χ3n) is 2.59. The van der Waals surface area contributed by atoms with Crippen LogP contribution in [0.2, 0.25) is 5.02 Å². The second-order valence-corrected chi connectivity index (χ2v) is 4.51. The van der Waals surface area contributed by atoms with Gasteiger partial charge >= 0.3 is 0 Å². The van der Waals surface area contributed by atoms with Gasteiger partial charge in [0.2, 0.25) is 0 Å². The molecule has 0 aliphatic carbocycles. The first-order valence-electron chi connectivity index (χ1n) is 5.51. The van der Waals surface area contributed by atoms with Gasteiger partial charge < -0.3 is 4.74 Å². The highest BCUT2D eigenvalue weighted by Gasteiger charge is 2.03. The molecule has 0 unspecified atom stereocenters. The van der Waals surface area contributed by atoms with Crippen LogP contribution in [0.1, 0.15) is 16.7 Å². The molecule has 0 atom stereocenters. The summed E-state index contributed by atoms with van der Waals surface area (Å²) in [5.74, 6) is 0.934. The van der Waals surface area contributed by atoms with Gasteiger partial charge in [-0.3, -0.25) is 0 Å². The Kier molecular flexibility index (Phi) is 3.70. The molecule has 0 aliphatic heterocycles. The molecule has 0 saturated carbocycles. The average Bonchev–Trinajstić information content (AvgIpc) is 2.28. The van der Waals surface area contributed by atoms with Crippen LogP contribution < -0.4 is 4.74 Å². The molecule has 2 aromatic rings. The fourth-order valence-electron chi connectivity index (χ4n) is 1.74. The van der Waals surface area contributed by atoms with E-state index in [9.17, 15) is 0 Å². The number of aryl methyl sites for hydroxylation is 2. The molecule has 0 aliphatic rings. The van der Waals surface area contributed by atoms with E-state index in [1.807, 2.05) is 50.2 Å². The molecule has 17 heavy (non-hydrogen) atoms. The van der Waals surface area contributed by atoms with Gasteiger partial charge in [0.25, 0.3) is 0 Å². The van der Waals surface area contributed by atoms with Crippen molar-refractivity contribution in [1.29, 1.82) is 0 Å². The molecule has 2 aromatic carbocycles. The molecule has 87 valence electrons. The van der Waals surface area contributed by atoms with E-state index in [2.05, 4.69) is 6.07 Å². The summed E-state index contributed by atoms with van der Waals surface area (Å²) in [4.78, 5) is 0. The number of ether oxygens (including phenoxy) is 1. The van der Waals surface area contributed by atoms with Gasteiger partial charge in [-0.1, -0.05) is 23.7 Å². The average molecular weight is 246 g/mol. The Hall–Kier alpha value is -1.47. The molecule has 2 rings (SSSR count). The molecule has 0 saturated heterocycles. The van der Waals surface area contributed by atoms with E-state index in [-0.39, 0.29) is 0 Å². The lowest BCUT2D eigenvalue weighted by molar-refractivity contribution is 0.302. The molecule has 0 spiro atoms. The van der Waals surface area contributed by atoms with Crippen LogP contribution in [0.15, 0.2) is 36.4 Å². The lowest BCUT2D eigenvalue weighted by Gasteiger charge is -2.11. The van der Waals surface area contributed by atoms with E-state index in [0.29, 0.717) is 6.61 Å². The van der Waals surface area contributed by atoms with Gasteiger partial charge in [-0.15, -0.1) is 0 Å². The minimum atomic E-state index is 0.534. The molecule has 0 fully saturated rings. The molecule has 1 radical (unpaired) electrons. The summed E-state index contributed by atoms with van der Waals surface area (Å²) in [7, 11) is 0. The van der Waals surface area contributed by atoms with Crippen LogP contribution in [0.25, 0.3) is 0 Å². The van der Waals surface area contributed by atoms with Crippen molar-refractivity contribution in [2.75, 3.05) is 0 Å². The summed E-state index contributed by atoms with van der Waals surface area (Å²) in [5, 5.41) is 0.737. The van der Waals surface area contributed by atoms with Crippen LogP contribution in [0.5, 0.6) is 5.75 Å². The summed E-state index contributed by atoms with van der Waals surface area (Å²) in [6.45, 7) is 4.58. The number of rotatable bonds is 3. The summed E-state index contributed by atoms with van der Waals surface area (Å²) in [5.41, 5.74) is 3.28. The SMILES string of the molecule is Cc1c[c]cc(C)c1OCc1cccc(Cl)c1. The maximum atomic E-state index is 5.93. The summed E-state index contributed by atoms with van der Waals surface area (Å²) in [6.07, 6.45) is 0. The number of hydrogen-bond donors (Lipinski definition) is 0. The zero-order valence-corrected chi connectivity index (χ0v) is 10.7. The Labute approximate surface area is 107 Å². The molecule has 2 heteroatoms. The van der Waals surface area contributed by atoms with Crippen molar-refractivity contribution in [3.8, 4) is 5.75 Å². The topological polar surface area (TPSA) is 9.23 Å². The van der Waals surface area contributed by atoms with Gasteiger partial charge in [0.1, 0.15) is 12.4 Å². The van der Waals surface area contributed by atoms with Crippen LogP contribution in [0, 0.1) is 19.9 Å². The van der Waals surface area contributed by atoms with E-state index in [1.54, 1.807) is 0 Å². The van der Waals surface area contributed by atoms with E-state index >= 15 is 0 Å². The third kappa shape index (κ3) is 3.01. The van der Waals surface area contributed by atoms with Crippen molar-refractivity contribution < 1.29 is 4.74 Å². The lowest BCUT2D eigenvalue weighted by Crippen LogP contribution is -1.98. The van der Waals surface area contributed by atoms with Gasteiger partial charge in [0.15, 0.2) is 0 Å². The maximum Gasteiger partial charge on any atom is 0.125 e. The highest BCUT2D eigenvalue weighted by Crippen LogP contribution is 2.23. The van der Waals surface area contributed by atoms with Crippen LogP contribution in [-0.2, 0) is 6.61 Å². The van der Waals surface area contributed by atoms with Crippen molar-refractivity contribution in [3.05, 3.63) is 64.2 Å². The summed E-state index contributed by atoms with van der Waals surface area (Å²) < 4.78 is 5.83. The summed E-state index contributed by atoms with van der Waals surface area (Å²) >= 11 is 5.93. The van der Waals surface area contributed by atoms with Gasteiger partial charge in [-0.2, -0.15) is 0 Å². The van der Waals surface area contributed by atoms with E-state index < -0.39 is 0 Å². The minimum absolute atomic E-state index is 0.534. The molecule has 0 aromatic heterocycles. The number of halogens is 1. The monoisotopic (exact) mass is 245 g/mol. The molecular weight excluding hydrogens is 232 g/mol. The van der Waals surface area contributed by atoms with Crippen LogP contribution >= 0.6 is 11.6 Å². The largest absolute Gasteiger partial charge is 0.488 e. The van der Waals surface area contributed by atoms with Crippen LogP contribution in [0.4, 0.5) is 0 Å². The lowest BCUT2D eigenvalue weighted by atomic mass is 10.1. The standard InChI is InChI=1S/C15H14ClO/c1-11-5-3-6-12(2)15(11)17-10-13-7-4-8-14(16)9-13/h4-9H,10H2,1-2H3. The molecular formula is C15H14ClO. The molecule has 1 nitrogen and oxygen atoms in total. The quantitative estimate of drug-likeness (QED) is 0.782.